The number of aromatic nitrogens is 4. The van der Waals surface area contributed by atoms with E-state index in [0.717, 1.165) is 33.3 Å². The number of hydrogen-bond donors (Lipinski definition) is 0. The van der Waals surface area contributed by atoms with Crippen molar-refractivity contribution in [2.24, 2.45) is 0 Å². The molecule has 0 unspecified atom stereocenters. The minimum absolute atomic E-state index is 0.500. The average molecular weight is 416 g/mol. The number of nitrogens with zero attached hydrogens (tertiary/aromatic N) is 4. The molecule has 32 heavy (non-hydrogen) atoms. The molecule has 6 nitrogen and oxygen atoms in total. The van der Waals surface area contributed by atoms with E-state index in [1.807, 2.05) is 48.5 Å². The van der Waals surface area contributed by atoms with Crippen molar-refractivity contribution >= 4 is 10.8 Å². The van der Waals surface area contributed by atoms with E-state index >= 15 is 0 Å². The van der Waals surface area contributed by atoms with Crippen molar-refractivity contribution in [1.82, 2.24) is 19.9 Å². The van der Waals surface area contributed by atoms with Gasteiger partial charge in [0.2, 0.25) is 11.8 Å². The molecule has 0 saturated carbocycles. The van der Waals surface area contributed by atoms with Gasteiger partial charge >= 0.3 is 0 Å². The Labute approximate surface area is 183 Å². The minimum Gasteiger partial charge on any atom is -0.443 e. The molecule has 0 fully saturated rings. The normalized spacial score (nSPS) is 11.1. The Bertz CT molecular complexity index is 1410. The number of oxazole rings is 2. The SMILES string of the molecule is c1cc(-c2ncco2)nc(-c2ccc(-c3cccc(-c4ncco4)n3)c3ccccc23)c1. The van der Waals surface area contributed by atoms with Gasteiger partial charge in [0.25, 0.3) is 0 Å². The van der Waals surface area contributed by atoms with E-state index in [-0.39, 0.29) is 0 Å². The number of hydrogen-bond acceptors (Lipinski definition) is 6. The summed E-state index contributed by atoms with van der Waals surface area (Å²) < 4.78 is 10.8. The van der Waals surface area contributed by atoms with Crippen molar-refractivity contribution in [3.8, 4) is 45.7 Å². The molecule has 0 aliphatic rings. The third-order valence-electron chi connectivity index (χ3n) is 5.28. The quantitative estimate of drug-likeness (QED) is 0.337. The average Bonchev–Trinajstić information content (AvgIpc) is 3.59. The number of rotatable bonds is 4. The molecule has 4 heterocycles. The fourth-order valence-electron chi connectivity index (χ4n) is 3.85. The van der Waals surface area contributed by atoms with Crippen LogP contribution in [0.5, 0.6) is 0 Å². The van der Waals surface area contributed by atoms with Crippen LogP contribution in [0.4, 0.5) is 0 Å². The fourth-order valence-corrected chi connectivity index (χ4v) is 3.85. The van der Waals surface area contributed by atoms with Gasteiger partial charge in [0.1, 0.15) is 23.9 Å². The predicted molar refractivity (Wildman–Crippen MR) is 121 cm³/mol. The van der Waals surface area contributed by atoms with E-state index in [1.165, 1.54) is 0 Å². The fraction of sp³-hybridized carbons (Fsp3) is 0. The maximum Gasteiger partial charge on any atom is 0.245 e. The molecule has 2 aromatic carbocycles. The van der Waals surface area contributed by atoms with E-state index in [0.29, 0.717) is 23.2 Å². The molecule has 6 rings (SSSR count). The summed E-state index contributed by atoms with van der Waals surface area (Å²) in [6, 6.07) is 24.1. The van der Waals surface area contributed by atoms with Crippen molar-refractivity contribution < 1.29 is 8.83 Å². The molecule has 0 amide bonds. The van der Waals surface area contributed by atoms with Gasteiger partial charge in [-0.3, -0.25) is 0 Å². The summed E-state index contributed by atoms with van der Waals surface area (Å²) >= 11 is 0. The van der Waals surface area contributed by atoms with Gasteiger partial charge in [-0.2, -0.15) is 0 Å². The van der Waals surface area contributed by atoms with Crippen molar-refractivity contribution in [3.63, 3.8) is 0 Å². The third-order valence-corrected chi connectivity index (χ3v) is 5.28. The maximum atomic E-state index is 5.42. The Balaban J connectivity index is 1.50. The number of pyridine rings is 2. The van der Waals surface area contributed by atoms with Gasteiger partial charge in [0.15, 0.2) is 0 Å². The van der Waals surface area contributed by atoms with Gasteiger partial charge in [-0.05, 0) is 35.0 Å². The summed E-state index contributed by atoms with van der Waals surface area (Å²) in [4.78, 5) is 18.0. The largest absolute Gasteiger partial charge is 0.443 e. The molecule has 0 N–H and O–H groups in total. The van der Waals surface area contributed by atoms with E-state index in [9.17, 15) is 0 Å². The van der Waals surface area contributed by atoms with Crippen molar-refractivity contribution in [3.05, 3.63) is 97.7 Å². The molecule has 0 spiro atoms. The summed E-state index contributed by atoms with van der Waals surface area (Å²) in [7, 11) is 0. The Kier molecular flexibility index (Phi) is 4.32. The lowest BCUT2D eigenvalue weighted by atomic mass is 9.95. The Morgan fingerprint density at radius 2 is 0.938 bits per heavy atom. The van der Waals surface area contributed by atoms with Crippen molar-refractivity contribution in [2.45, 2.75) is 0 Å². The highest BCUT2D eigenvalue weighted by atomic mass is 16.3. The van der Waals surface area contributed by atoms with Crippen LogP contribution in [0.15, 0.2) is 107 Å². The molecular formula is C26H16N4O2. The van der Waals surface area contributed by atoms with Crippen LogP contribution in [0.3, 0.4) is 0 Å². The first-order chi connectivity index (χ1) is 15.9. The highest BCUT2D eigenvalue weighted by Crippen LogP contribution is 2.35. The zero-order chi connectivity index (χ0) is 21.3. The Hall–Kier alpha value is -4.58. The van der Waals surface area contributed by atoms with Crippen LogP contribution in [0.25, 0.3) is 56.5 Å². The predicted octanol–water partition coefficient (Wildman–Crippen LogP) is 6.27. The molecule has 0 aliphatic heterocycles. The molecule has 6 heteroatoms. The molecular weight excluding hydrogens is 400 g/mol. The summed E-state index contributed by atoms with van der Waals surface area (Å²) in [5.74, 6) is 1.00. The van der Waals surface area contributed by atoms with Crippen molar-refractivity contribution in [2.75, 3.05) is 0 Å². The van der Waals surface area contributed by atoms with Crippen LogP contribution in [-0.2, 0) is 0 Å². The van der Waals surface area contributed by atoms with Gasteiger partial charge in [-0.25, -0.2) is 19.9 Å². The smallest absolute Gasteiger partial charge is 0.245 e. The topological polar surface area (TPSA) is 77.8 Å². The summed E-state index contributed by atoms with van der Waals surface area (Å²) in [5.41, 5.74) is 5.15. The van der Waals surface area contributed by atoms with Gasteiger partial charge in [0, 0.05) is 11.1 Å². The van der Waals surface area contributed by atoms with Crippen molar-refractivity contribution in [1.29, 1.82) is 0 Å². The van der Waals surface area contributed by atoms with Crippen LogP contribution in [0.2, 0.25) is 0 Å². The third kappa shape index (κ3) is 3.15. The first-order valence-corrected chi connectivity index (χ1v) is 10.1. The van der Waals surface area contributed by atoms with E-state index < -0.39 is 0 Å². The van der Waals surface area contributed by atoms with Crippen LogP contribution >= 0.6 is 0 Å². The summed E-state index contributed by atoms with van der Waals surface area (Å²) in [5, 5.41) is 2.18. The Morgan fingerprint density at radius 3 is 1.38 bits per heavy atom. The molecule has 0 saturated heterocycles. The number of benzene rings is 2. The molecule has 0 aliphatic carbocycles. The zero-order valence-corrected chi connectivity index (χ0v) is 16.8. The van der Waals surface area contributed by atoms with Gasteiger partial charge in [-0.15, -0.1) is 0 Å². The second-order valence-corrected chi connectivity index (χ2v) is 7.20. The summed E-state index contributed by atoms with van der Waals surface area (Å²) in [6.45, 7) is 0. The summed E-state index contributed by atoms with van der Waals surface area (Å²) in [6.07, 6.45) is 6.33. The van der Waals surface area contributed by atoms with Gasteiger partial charge in [0.05, 0.1) is 23.8 Å². The van der Waals surface area contributed by atoms with E-state index in [1.54, 1.807) is 24.9 Å². The van der Waals surface area contributed by atoms with Crippen LogP contribution < -0.4 is 0 Å². The standard InChI is InChI=1S/C26H16N4O2/c1-2-6-18-17(5-1)19(21-7-3-9-23(29-21)25-27-13-15-31-25)11-12-20(18)22-8-4-10-24(30-22)26-28-14-16-32-26/h1-16H. The molecule has 6 aromatic rings. The molecule has 152 valence electrons. The minimum atomic E-state index is 0.500. The first kappa shape index (κ1) is 18.2. The molecule has 0 radical (unpaired) electrons. The Morgan fingerprint density at radius 1 is 0.469 bits per heavy atom. The van der Waals surface area contributed by atoms with E-state index in [2.05, 4.69) is 34.2 Å². The highest BCUT2D eigenvalue weighted by Gasteiger charge is 2.14. The van der Waals surface area contributed by atoms with Gasteiger partial charge in [-0.1, -0.05) is 48.5 Å². The zero-order valence-electron chi connectivity index (χ0n) is 16.8. The lowest BCUT2D eigenvalue weighted by Crippen LogP contribution is -1.92. The lowest BCUT2D eigenvalue weighted by molar-refractivity contribution is 0.572. The van der Waals surface area contributed by atoms with Crippen LogP contribution in [0, 0.1) is 0 Å². The highest BCUT2D eigenvalue weighted by molar-refractivity contribution is 6.04. The second kappa shape index (κ2) is 7.59. The van der Waals surface area contributed by atoms with Crippen LogP contribution in [0.1, 0.15) is 0 Å². The maximum absolute atomic E-state index is 5.42. The van der Waals surface area contributed by atoms with E-state index in [4.69, 9.17) is 18.8 Å². The second-order valence-electron chi connectivity index (χ2n) is 7.20. The first-order valence-electron chi connectivity index (χ1n) is 10.1. The van der Waals surface area contributed by atoms with Gasteiger partial charge < -0.3 is 8.83 Å². The van der Waals surface area contributed by atoms with Crippen LogP contribution in [-0.4, -0.2) is 19.9 Å². The molecule has 4 aromatic heterocycles. The lowest BCUT2D eigenvalue weighted by Gasteiger charge is -2.12. The monoisotopic (exact) mass is 416 g/mol. The number of fused-ring (bicyclic) bond motifs is 1. The molecule has 0 atom stereocenters. The molecule has 0 bridgehead atoms.